The minimum absolute atomic E-state index is 0.0960. The summed E-state index contributed by atoms with van der Waals surface area (Å²) in [6.07, 6.45) is 0. The van der Waals surface area contributed by atoms with Gasteiger partial charge in [-0.3, -0.25) is 4.79 Å². The Kier molecular flexibility index (Phi) is 3.56. The van der Waals surface area contributed by atoms with Crippen LogP contribution >= 0.6 is 0 Å². The maximum Gasteiger partial charge on any atom is 0.248 e. The lowest BCUT2D eigenvalue weighted by atomic mass is 9.99. The summed E-state index contributed by atoms with van der Waals surface area (Å²) in [6.45, 7) is -0.213. The van der Waals surface area contributed by atoms with Crippen LogP contribution in [0.2, 0.25) is 0 Å². The Morgan fingerprint density at radius 3 is 2.24 bits per heavy atom. The molecule has 4 heteroatoms. The summed E-state index contributed by atoms with van der Waals surface area (Å²) < 4.78 is 0. The summed E-state index contributed by atoms with van der Waals surface area (Å²) in [7, 11) is 0. The molecular formula is C17H15NO3. The number of aliphatic hydroxyl groups excluding tert-OH is 2. The van der Waals surface area contributed by atoms with Gasteiger partial charge in [0.2, 0.25) is 5.56 Å². The highest BCUT2D eigenvalue weighted by molar-refractivity contribution is 5.84. The number of nitrogens with one attached hydrogen (secondary N) is 1. The number of fused-ring (bicyclic) bond motifs is 1. The van der Waals surface area contributed by atoms with E-state index in [2.05, 4.69) is 4.98 Å². The molecule has 0 aliphatic rings. The number of benzene rings is 2. The van der Waals surface area contributed by atoms with E-state index in [0.29, 0.717) is 5.56 Å². The van der Waals surface area contributed by atoms with E-state index in [-0.39, 0.29) is 18.8 Å². The fourth-order valence-corrected chi connectivity index (χ4v) is 2.44. The molecule has 0 aliphatic carbocycles. The molecule has 0 saturated heterocycles. The average Bonchev–Trinajstić information content (AvgIpc) is 2.53. The van der Waals surface area contributed by atoms with Gasteiger partial charge in [0.05, 0.1) is 13.2 Å². The van der Waals surface area contributed by atoms with Crippen LogP contribution in [0.4, 0.5) is 0 Å². The van der Waals surface area contributed by atoms with Crippen molar-refractivity contribution in [3.8, 4) is 11.1 Å². The molecule has 21 heavy (non-hydrogen) atoms. The zero-order valence-corrected chi connectivity index (χ0v) is 11.3. The third-order valence-electron chi connectivity index (χ3n) is 3.61. The smallest absolute Gasteiger partial charge is 0.248 e. The minimum Gasteiger partial charge on any atom is -0.392 e. The number of aliphatic hydroxyl groups is 2. The second-order valence-corrected chi connectivity index (χ2v) is 4.92. The first-order valence-electron chi connectivity index (χ1n) is 6.68. The predicted octanol–water partition coefficient (Wildman–Crippen LogP) is 2.18. The molecule has 0 fully saturated rings. The Morgan fingerprint density at radius 1 is 0.810 bits per heavy atom. The highest BCUT2D eigenvalue weighted by Gasteiger charge is 2.05. The Hall–Kier alpha value is -2.43. The third kappa shape index (κ3) is 2.59. The summed E-state index contributed by atoms with van der Waals surface area (Å²) in [5.41, 5.74) is 3.95. The van der Waals surface area contributed by atoms with Gasteiger partial charge in [-0.2, -0.15) is 0 Å². The van der Waals surface area contributed by atoms with E-state index >= 15 is 0 Å². The maximum atomic E-state index is 11.4. The second-order valence-electron chi connectivity index (χ2n) is 4.92. The lowest BCUT2D eigenvalue weighted by molar-refractivity contribution is 0.260. The van der Waals surface area contributed by atoms with E-state index in [1.165, 1.54) is 6.07 Å². The monoisotopic (exact) mass is 281 g/mol. The van der Waals surface area contributed by atoms with Gasteiger partial charge in [-0.05, 0) is 45.8 Å². The minimum atomic E-state index is -0.133. The third-order valence-corrected chi connectivity index (χ3v) is 3.61. The fourth-order valence-electron chi connectivity index (χ4n) is 2.44. The van der Waals surface area contributed by atoms with E-state index in [1.807, 2.05) is 30.3 Å². The van der Waals surface area contributed by atoms with Gasteiger partial charge in [-0.15, -0.1) is 0 Å². The van der Waals surface area contributed by atoms with E-state index in [4.69, 9.17) is 0 Å². The van der Waals surface area contributed by atoms with Crippen molar-refractivity contribution in [3.63, 3.8) is 0 Å². The number of pyridine rings is 1. The van der Waals surface area contributed by atoms with Crippen molar-refractivity contribution in [2.75, 3.05) is 0 Å². The predicted molar refractivity (Wildman–Crippen MR) is 81.9 cm³/mol. The van der Waals surface area contributed by atoms with Crippen molar-refractivity contribution in [3.05, 3.63) is 70.0 Å². The van der Waals surface area contributed by atoms with Crippen molar-refractivity contribution >= 4 is 10.9 Å². The van der Waals surface area contributed by atoms with Gasteiger partial charge in [0, 0.05) is 11.6 Å². The largest absolute Gasteiger partial charge is 0.392 e. The Labute approximate surface area is 121 Å². The van der Waals surface area contributed by atoms with E-state index < -0.39 is 0 Å². The highest BCUT2D eigenvalue weighted by Crippen LogP contribution is 2.25. The Bertz CT molecular complexity index is 852. The second kappa shape index (κ2) is 5.52. The van der Waals surface area contributed by atoms with Crippen molar-refractivity contribution in [1.82, 2.24) is 4.98 Å². The normalized spacial score (nSPS) is 11.0. The zero-order valence-electron chi connectivity index (χ0n) is 11.3. The lowest BCUT2D eigenvalue weighted by Gasteiger charge is -2.09. The van der Waals surface area contributed by atoms with Gasteiger partial charge in [-0.25, -0.2) is 0 Å². The van der Waals surface area contributed by atoms with Gasteiger partial charge in [0.25, 0.3) is 0 Å². The molecule has 3 N–H and O–H groups in total. The van der Waals surface area contributed by atoms with Crippen LogP contribution in [0.25, 0.3) is 22.0 Å². The number of hydrogen-bond donors (Lipinski definition) is 3. The topological polar surface area (TPSA) is 73.3 Å². The molecule has 0 bridgehead atoms. The van der Waals surface area contributed by atoms with Crippen LogP contribution in [0.5, 0.6) is 0 Å². The van der Waals surface area contributed by atoms with Gasteiger partial charge in [-0.1, -0.05) is 24.3 Å². The number of aromatic nitrogens is 1. The first kappa shape index (κ1) is 13.5. The molecule has 106 valence electrons. The quantitative estimate of drug-likeness (QED) is 0.689. The van der Waals surface area contributed by atoms with E-state index in [9.17, 15) is 15.0 Å². The molecule has 0 saturated carbocycles. The standard InChI is InChI=1S/C17H15NO3/c19-9-14-4-3-12(7-15(14)10-20)13-2-1-11-5-6-17(21)18-16(11)8-13/h1-8,19-20H,9-10H2,(H,18,21). The molecule has 3 rings (SSSR count). The van der Waals surface area contributed by atoms with Crippen LogP contribution in [0.3, 0.4) is 0 Å². The molecule has 0 amide bonds. The molecule has 0 unspecified atom stereocenters. The first-order valence-corrected chi connectivity index (χ1v) is 6.68. The number of hydrogen-bond acceptors (Lipinski definition) is 3. The van der Waals surface area contributed by atoms with Gasteiger partial charge < -0.3 is 15.2 Å². The van der Waals surface area contributed by atoms with Crippen LogP contribution in [-0.2, 0) is 13.2 Å². The van der Waals surface area contributed by atoms with Crippen molar-refractivity contribution in [2.24, 2.45) is 0 Å². The molecule has 4 nitrogen and oxygen atoms in total. The fraction of sp³-hybridized carbons (Fsp3) is 0.118. The number of aromatic amines is 1. The molecule has 3 aromatic rings. The molecular weight excluding hydrogens is 266 g/mol. The molecule has 2 aromatic carbocycles. The first-order chi connectivity index (χ1) is 10.2. The number of rotatable bonds is 3. The van der Waals surface area contributed by atoms with Crippen LogP contribution in [-0.4, -0.2) is 15.2 Å². The summed E-state index contributed by atoms with van der Waals surface area (Å²) in [6, 6.07) is 14.7. The molecule has 1 aromatic heterocycles. The molecule has 0 atom stereocenters. The van der Waals surface area contributed by atoms with Crippen molar-refractivity contribution < 1.29 is 10.2 Å². The van der Waals surface area contributed by atoms with Crippen molar-refractivity contribution in [1.29, 1.82) is 0 Å². The summed E-state index contributed by atoms with van der Waals surface area (Å²) >= 11 is 0. The highest BCUT2D eigenvalue weighted by atomic mass is 16.3. The van der Waals surface area contributed by atoms with Gasteiger partial charge in [0.15, 0.2) is 0 Å². The Morgan fingerprint density at radius 2 is 1.48 bits per heavy atom. The SMILES string of the molecule is O=c1ccc2ccc(-c3ccc(CO)c(CO)c3)cc2[nH]1. The lowest BCUT2D eigenvalue weighted by Crippen LogP contribution is -2.02. The molecule has 0 radical (unpaired) electrons. The van der Waals surface area contributed by atoms with E-state index in [0.717, 1.165) is 27.6 Å². The van der Waals surface area contributed by atoms with Crippen LogP contribution in [0.1, 0.15) is 11.1 Å². The van der Waals surface area contributed by atoms with Crippen LogP contribution in [0, 0.1) is 0 Å². The van der Waals surface area contributed by atoms with Crippen LogP contribution in [0.15, 0.2) is 53.3 Å². The summed E-state index contributed by atoms with van der Waals surface area (Å²) in [4.78, 5) is 14.2. The average molecular weight is 281 g/mol. The summed E-state index contributed by atoms with van der Waals surface area (Å²) in [5.74, 6) is 0. The van der Waals surface area contributed by atoms with Crippen molar-refractivity contribution in [2.45, 2.75) is 13.2 Å². The molecule has 1 heterocycles. The zero-order chi connectivity index (χ0) is 14.8. The Balaban J connectivity index is 2.13. The summed E-state index contributed by atoms with van der Waals surface area (Å²) in [5, 5.41) is 19.6. The molecule has 0 spiro atoms. The van der Waals surface area contributed by atoms with Crippen LogP contribution < -0.4 is 5.56 Å². The number of H-pyrrole nitrogens is 1. The maximum absolute atomic E-state index is 11.4. The molecule has 0 aliphatic heterocycles. The van der Waals surface area contributed by atoms with Gasteiger partial charge in [0.1, 0.15) is 0 Å². The van der Waals surface area contributed by atoms with E-state index in [1.54, 1.807) is 12.1 Å². The van der Waals surface area contributed by atoms with Gasteiger partial charge >= 0.3 is 0 Å².